The molecule has 110 valence electrons. The summed E-state index contributed by atoms with van der Waals surface area (Å²) >= 11 is 0. The van der Waals surface area contributed by atoms with Crippen LogP contribution in [0, 0.1) is 12.3 Å². The summed E-state index contributed by atoms with van der Waals surface area (Å²) in [4.78, 5) is 4.91. The lowest BCUT2D eigenvalue weighted by molar-refractivity contribution is 0.526. The van der Waals surface area contributed by atoms with Gasteiger partial charge in [0.15, 0.2) is 0 Å². The van der Waals surface area contributed by atoms with E-state index in [2.05, 4.69) is 80.2 Å². The van der Waals surface area contributed by atoms with Gasteiger partial charge < -0.3 is 0 Å². The van der Waals surface area contributed by atoms with Crippen LogP contribution >= 0.6 is 0 Å². The molecule has 0 aliphatic heterocycles. The first-order valence-corrected chi connectivity index (χ1v) is 7.29. The topological polar surface area (TPSA) is 12.4 Å². The second-order valence-electron chi connectivity index (χ2n) is 7.65. The smallest absolute Gasteiger partial charge is 0.0699 e. The van der Waals surface area contributed by atoms with Crippen LogP contribution in [-0.4, -0.2) is 5.71 Å². The lowest BCUT2D eigenvalue weighted by Gasteiger charge is -2.25. The molecule has 0 bridgehead atoms. The molecule has 0 saturated heterocycles. The number of benzene rings is 1. The molecule has 0 saturated carbocycles. The third kappa shape index (κ3) is 3.82. The predicted molar refractivity (Wildman–Crippen MR) is 91.2 cm³/mol. The van der Waals surface area contributed by atoms with Gasteiger partial charge in [-0.15, -0.1) is 0 Å². The molecule has 0 aliphatic carbocycles. The van der Waals surface area contributed by atoms with E-state index in [0.29, 0.717) is 0 Å². The molecule has 1 aromatic carbocycles. The summed E-state index contributed by atoms with van der Waals surface area (Å²) in [6.45, 7) is 21.6. The van der Waals surface area contributed by atoms with E-state index in [1.807, 2.05) is 0 Å². The summed E-state index contributed by atoms with van der Waals surface area (Å²) in [5.74, 6) is 0. The van der Waals surface area contributed by atoms with E-state index in [1.54, 1.807) is 0 Å². The molecular formula is C19H29N. The molecular weight excluding hydrogens is 242 g/mol. The molecule has 0 spiro atoms. The van der Waals surface area contributed by atoms with Crippen molar-refractivity contribution in [3.63, 3.8) is 0 Å². The second kappa shape index (κ2) is 5.55. The van der Waals surface area contributed by atoms with Crippen LogP contribution in [0.15, 0.2) is 35.3 Å². The van der Waals surface area contributed by atoms with Crippen molar-refractivity contribution in [2.24, 2.45) is 10.4 Å². The van der Waals surface area contributed by atoms with Crippen molar-refractivity contribution in [1.82, 2.24) is 0 Å². The summed E-state index contributed by atoms with van der Waals surface area (Å²) in [6.07, 6.45) is 0. The van der Waals surface area contributed by atoms with Gasteiger partial charge in [0.2, 0.25) is 0 Å². The molecule has 0 N–H and O–H groups in total. The molecule has 1 nitrogen and oxygen atoms in total. The lowest BCUT2D eigenvalue weighted by atomic mass is 9.83. The number of nitrogens with zero attached hydrogens (tertiary/aromatic N) is 1. The van der Waals surface area contributed by atoms with Crippen molar-refractivity contribution in [3.05, 3.63) is 41.5 Å². The third-order valence-corrected chi connectivity index (χ3v) is 3.67. The molecule has 20 heavy (non-hydrogen) atoms. The van der Waals surface area contributed by atoms with Crippen molar-refractivity contribution in [2.45, 2.75) is 60.8 Å². The van der Waals surface area contributed by atoms with Gasteiger partial charge >= 0.3 is 0 Å². The highest BCUT2D eigenvalue weighted by molar-refractivity contribution is 6.00. The van der Waals surface area contributed by atoms with Crippen LogP contribution in [-0.2, 0) is 5.41 Å². The van der Waals surface area contributed by atoms with Crippen LogP contribution < -0.4 is 0 Å². The zero-order chi connectivity index (χ0) is 15.7. The van der Waals surface area contributed by atoms with Gasteiger partial charge in [-0.3, -0.25) is 4.99 Å². The van der Waals surface area contributed by atoms with Gasteiger partial charge in [0.05, 0.1) is 5.69 Å². The summed E-state index contributed by atoms with van der Waals surface area (Å²) < 4.78 is 0. The Balaban J connectivity index is 3.38. The molecule has 0 aliphatic rings. The molecule has 0 fully saturated rings. The summed E-state index contributed by atoms with van der Waals surface area (Å²) in [5, 5.41) is 0. The molecule has 0 unspecified atom stereocenters. The van der Waals surface area contributed by atoms with Crippen LogP contribution in [0.25, 0.3) is 0 Å². The molecule has 0 amide bonds. The Morgan fingerprint density at radius 3 is 2.05 bits per heavy atom. The van der Waals surface area contributed by atoms with Gasteiger partial charge in [-0.2, -0.15) is 0 Å². The van der Waals surface area contributed by atoms with Crippen molar-refractivity contribution in [1.29, 1.82) is 0 Å². The Labute approximate surface area is 124 Å². The zero-order valence-electron chi connectivity index (χ0n) is 14.4. The van der Waals surface area contributed by atoms with Crippen LogP contribution in [0.3, 0.4) is 0 Å². The van der Waals surface area contributed by atoms with E-state index in [9.17, 15) is 0 Å². The van der Waals surface area contributed by atoms with Gasteiger partial charge in [-0.25, -0.2) is 0 Å². The SMILES string of the molecule is C=C(/C(C)=N\c1c(C)cccc1C(C)(C)C)C(C)(C)C. The van der Waals surface area contributed by atoms with Crippen molar-refractivity contribution in [3.8, 4) is 0 Å². The Kier molecular flexibility index (Phi) is 4.63. The van der Waals surface area contributed by atoms with Crippen LogP contribution in [0.1, 0.15) is 59.6 Å². The highest BCUT2D eigenvalue weighted by Gasteiger charge is 2.21. The summed E-state index contributed by atoms with van der Waals surface area (Å²) in [5.41, 5.74) is 5.88. The number of aryl methyl sites for hydroxylation is 1. The molecule has 0 atom stereocenters. The first-order chi connectivity index (χ1) is 8.94. The first kappa shape index (κ1) is 16.7. The minimum atomic E-state index is 0.0537. The zero-order valence-corrected chi connectivity index (χ0v) is 14.4. The maximum atomic E-state index is 4.91. The maximum absolute atomic E-state index is 4.91. The van der Waals surface area contributed by atoms with Crippen LogP contribution in [0.2, 0.25) is 0 Å². The summed E-state index contributed by atoms with van der Waals surface area (Å²) in [7, 11) is 0. The van der Waals surface area contributed by atoms with E-state index < -0.39 is 0 Å². The summed E-state index contributed by atoms with van der Waals surface area (Å²) in [6, 6.07) is 6.42. The lowest BCUT2D eigenvalue weighted by Crippen LogP contribution is -2.15. The van der Waals surface area contributed by atoms with E-state index in [1.165, 1.54) is 11.1 Å². The maximum Gasteiger partial charge on any atom is 0.0699 e. The van der Waals surface area contributed by atoms with Gasteiger partial charge in [0, 0.05) is 5.71 Å². The van der Waals surface area contributed by atoms with Crippen molar-refractivity contribution < 1.29 is 0 Å². The van der Waals surface area contributed by atoms with E-state index in [-0.39, 0.29) is 10.8 Å². The molecule has 0 heterocycles. The van der Waals surface area contributed by atoms with Gasteiger partial charge in [0.25, 0.3) is 0 Å². The average molecular weight is 271 g/mol. The quantitative estimate of drug-likeness (QED) is 0.586. The average Bonchev–Trinajstić information content (AvgIpc) is 2.27. The van der Waals surface area contributed by atoms with Crippen LogP contribution in [0.4, 0.5) is 5.69 Å². The Morgan fingerprint density at radius 2 is 1.60 bits per heavy atom. The normalized spacial score (nSPS) is 13.5. The van der Waals surface area contributed by atoms with Crippen molar-refractivity contribution >= 4 is 11.4 Å². The Morgan fingerprint density at radius 1 is 1.05 bits per heavy atom. The number of hydrogen-bond acceptors (Lipinski definition) is 1. The highest BCUT2D eigenvalue weighted by Crippen LogP contribution is 2.35. The van der Waals surface area contributed by atoms with E-state index in [0.717, 1.165) is 17.0 Å². The molecule has 1 heteroatoms. The minimum Gasteiger partial charge on any atom is -0.253 e. The Bertz CT molecular complexity index is 534. The second-order valence-corrected chi connectivity index (χ2v) is 7.65. The number of hydrogen-bond donors (Lipinski definition) is 0. The third-order valence-electron chi connectivity index (χ3n) is 3.67. The molecule has 0 aromatic heterocycles. The standard InChI is InChI=1S/C19H29N/c1-13-11-10-12-16(19(7,8)9)17(13)20-15(3)14(2)18(4,5)6/h10-12H,2H2,1,3-9H3/b20-15-. The monoisotopic (exact) mass is 271 g/mol. The first-order valence-electron chi connectivity index (χ1n) is 7.29. The van der Waals surface area contributed by atoms with E-state index >= 15 is 0 Å². The van der Waals surface area contributed by atoms with Gasteiger partial charge in [0.1, 0.15) is 0 Å². The number of rotatable bonds is 2. The fourth-order valence-corrected chi connectivity index (χ4v) is 2.19. The fraction of sp³-hybridized carbons (Fsp3) is 0.526. The predicted octanol–water partition coefficient (Wildman–Crippen LogP) is 5.99. The minimum absolute atomic E-state index is 0.0537. The molecule has 0 radical (unpaired) electrons. The Hall–Kier alpha value is -1.37. The van der Waals surface area contributed by atoms with Crippen LogP contribution in [0.5, 0.6) is 0 Å². The van der Waals surface area contributed by atoms with Crippen molar-refractivity contribution in [2.75, 3.05) is 0 Å². The highest BCUT2D eigenvalue weighted by atomic mass is 14.8. The number of para-hydroxylation sites is 1. The van der Waals surface area contributed by atoms with Gasteiger partial charge in [-0.05, 0) is 41.4 Å². The molecule has 1 aromatic rings. The number of allylic oxidation sites excluding steroid dienone is 1. The fourth-order valence-electron chi connectivity index (χ4n) is 2.19. The van der Waals surface area contributed by atoms with Gasteiger partial charge in [-0.1, -0.05) is 66.3 Å². The largest absolute Gasteiger partial charge is 0.253 e. The number of aliphatic imine (C=N–C) groups is 1. The molecule has 1 rings (SSSR count). The van der Waals surface area contributed by atoms with E-state index in [4.69, 9.17) is 4.99 Å².